The molecule has 1 aromatic rings. The molecule has 18 heavy (non-hydrogen) atoms. The molecule has 2 rings (SSSR count). The summed E-state index contributed by atoms with van der Waals surface area (Å²) in [6.07, 6.45) is -0.100. The van der Waals surface area contributed by atoms with Crippen molar-refractivity contribution < 1.29 is 18.3 Å². The molecule has 1 fully saturated rings. The number of hydrogen-bond acceptors (Lipinski definition) is 6. The molecule has 0 aliphatic carbocycles. The van der Waals surface area contributed by atoms with Gasteiger partial charge in [0.25, 0.3) is 0 Å². The maximum absolute atomic E-state index is 11.5. The Kier molecular flexibility index (Phi) is 3.58. The molecule has 0 saturated carbocycles. The van der Waals surface area contributed by atoms with E-state index < -0.39 is 15.8 Å². The second-order valence-corrected chi connectivity index (χ2v) is 7.41. The standard InChI is InChI=1S/C10H14N2O4S2/c1-7-6-18(15,16)3-2-12(7)10-11-8(5-17-10)4-9(13)14/h5,7H,2-4,6H2,1H3,(H,13,14). The van der Waals surface area contributed by atoms with Crippen LogP contribution >= 0.6 is 11.3 Å². The third-order valence-corrected chi connectivity index (χ3v) is 5.51. The van der Waals surface area contributed by atoms with Gasteiger partial charge >= 0.3 is 5.97 Å². The summed E-state index contributed by atoms with van der Waals surface area (Å²) in [5.74, 6) is -0.660. The zero-order valence-electron chi connectivity index (χ0n) is 9.87. The summed E-state index contributed by atoms with van der Waals surface area (Å²) in [6.45, 7) is 2.26. The second-order valence-electron chi connectivity index (χ2n) is 4.35. The summed E-state index contributed by atoms with van der Waals surface area (Å²) >= 11 is 1.36. The molecule has 8 heteroatoms. The molecule has 2 heterocycles. The molecular formula is C10H14N2O4S2. The number of rotatable bonds is 3. The van der Waals surface area contributed by atoms with Crippen molar-refractivity contribution in [2.75, 3.05) is 23.0 Å². The molecule has 1 aliphatic heterocycles. The molecule has 1 unspecified atom stereocenters. The summed E-state index contributed by atoms with van der Waals surface area (Å²) < 4.78 is 22.9. The highest BCUT2D eigenvalue weighted by molar-refractivity contribution is 7.91. The molecule has 1 aromatic heterocycles. The number of hydrogen-bond donors (Lipinski definition) is 1. The van der Waals surface area contributed by atoms with E-state index in [-0.39, 0.29) is 24.0 Å². The van der Waals surface area contributed by atoms with Crippen LogP contribution in [0.3, 0.4) is 0 Å². The maximum atomic E-state index is 11.5. The lowest BCUT2D eigenvalue weighted by molar-refractivity contribution is -0.136. The first-order chi connectivity index (χ1) is 8.37. The predicted molar refractivity (Wildman–Crippen MR) is 68.9 cm³/mol. The Labute approximate surface area is 109 Å². The predicted octanol–water partition coefficient (Wildman–Crippen LogP) is 0.393. The molecule has 0 spiro atoms. The van der Waals surface area contributed by atoms with Gasteiger partial charge in [-0.2, -0.15) is 0 Å². The van der Waals surface area contributed by atoms with Gasteiger partial charge in [-0.3, -0.25) is 4.79 Å². The smallest absolute Gasteiger partial charge is 0.309 e. The van der Waals surface area contributed by atoms with Crippen molar-refractivity contribution in [2.24, 2.45) is 0 Å². The second kappa shape index (κ2) is 4.85. The molecule has 0 amide bonds. The number of thiazole rings is 1. The van der Waals surface area contributed by atoms with Gasteiger partial charge in [0.1, 0.15) is 0 Å². The summed E-state index contributed by atoms with van der Waals surface area (Å²) in [7, 11) is -2.94. The minimum absolute atomic E-state index is 0.100. The molecule has 1 saturated heterocycles. The van der Waals surface area contributed by atoms with Crippen LogP contribution in [-0.2, 0) is 21.1 Å². The van der Waals surface area contributed by atoms with Gasteiger partial charge in [-0.05, 0) is 6.92 Å². The fourth-order valence-corrected chi connectivity index (χ4v) is 4.46. The van der Waals surface area contributed by atoms with Crippen molar-refractivity contribution in [1.29, 1.82) is 0 Å². The van der Waals surface area contributed by atoms with E-state index >= 15 is 0 Å². The summed E-state index contributed by atoms with van der Waals surface area (Å²) in [4.78, 5) is 16.7. The lowest BCUT2D eigenvalue weighted by atomic mass is 10.3. The van der Waals surface area contributed by atoms with Gasteiger partial charge in [0.2, 0.25) is 0 Å². The first kappa shape index (κ1) is 13.3. The lowest BCUT2D eigenvalue weighted by Gasteiger charge is -2.32. The van der Waals surface area contributed by atoms with Crippen LogP contribution in [0.1, 0.15) is 12.6 Å². The van der Waals surface area contributed by atoms with Gasteiger partial charge in [0, 0.05) is 18.0 Å². The Balaban J connectivity index is 2.12. The quantitative estimate of drug-likeness (QED) is 0.866. The summed E-state index contributed by atoms with van der Waals surface area (Å²) in [5, 5.41) is 11.1. The van der Waals surface area contributed by atoms with Crippen LogP contribution in [0.15, 0.2) is 5.38 Å². The van der Waals surface area contributed by atoms with E-state index in [9.17, 15) is 13.2 Å². The Morgan fingerprint density at radius 1 is 1.67 bits per heavy atom. The molecule has 6 nitrogen and oxygen atoms in total. The lowest BCUT2D eigenvalue weighted by Crippen LogP contribution is -2.47. The summed E-state index contributed by atoms with van der Waals surface area (Å²) in [6, 6.07) is -0.118. The van der Waals surface area contributed by atoms with Gasteiger partial charge in [-0.15, -0.1) is 11.3 Å². The monoisotopic (exact) mass is 290 g/mol. The third-order valence-electron chi connectivity index (χ3n) is 2.79. The highest BCUT2D eigenvalue weighted by atomic mass is 32.2. The topological polar surface area (TPSA) is 87.6 Å². The zero-order valence-corrected chi connectivity index (χ0v) is 11.5. The number of anilines is 1. The molecular weight excluding hydrogens is 276 g/mol. The Morgan fingerprint density at radius 3 is 3.00 bits per heavy atom. The van der Waals surface area contributed by atoms with Crippen LogP contribution in [0.5, 0.6) is 0 Å². The molecule has 1 aliphatic rings. The SMILES string of the molecule is CC1CS(=O)(=O)CCN1c1nc(CC(=O)O)cs1. The number of carbonyl (C=O) groups is 1. The normalized spacial score (nSPS) is 22.9. The van der Waals surface area contributed by atoms with Gasteiger partial charge in [0.15, 0.2) is 15.0 Å². The highest BCUT2D eigenvalue weighted by Gasteiger charge is 2.29. The molecule has 1 atom stereocenters. The number of aromatic nitrogens is 1. The fraction of sp³-hybridized carbons (Fsp3) is 0.600. The van der Waals surface area contributed by atoms with Crippen LogP contribution in [0.2, 0.25) is 0 Å². The maximum Gasteiger partial charge on any atom is 0.309 e. The van der Waals surface area contributed by atoms with Gasteiger partial charge < -0.3 is 10.0 Å². The van der Waals surface area contributed by atoms with Crippen LogP contribution in [0.25, 0.3) is 0 Å². The minimum atomic E-state index is -2.94. The molecule has 0 radical (unpaired) electrons. The van der Waals surface area contributed by atoms with Crippen LogP contribution in [0, 0.1) is 0 Å². The number of sulfone groups is 1. The average Bonchev–Trinajstić information content (AvgIpc) is 2.63. The van der Waals surface area contributed by atoms with Gasteiger partial charge in [-0.1, -0.05) is 0 Å². The largest absolute Gasteiger partial charge is 0.481 e. The molecule has 0 bridgehead atoms. The Morgan fingerprint density at radius 2 is 2.39 bits per heavy atom. The Hall–Kier alpha value is -1.15. The van der Waals surface area contributed by atoms with Crippen LogP contribution < -0.4 is 4.90 Å². The van der Waals surface area contributed by atoms with E-state index in [1.165, 1.54) is 11.3 Å². The summed E-state index contributed by atoms with van der Waals surface area (Å²) in [5.41, 5.74) is 0.517. The fourth-order valence-electron chi connectivity index (χ4n) is 1.95. The van der Waals surface area contributed by atoms with Crippen molar-refractivity contribution in [2.45, 2.75) is 19.4 Å². The van der Waals surface area contributed by atoms with E-state index in [1.54, 1.807) is 5.38 Å². The van der Waals surface area contributed by atoms with Gasteiger partial charge in [0.05, 0.1) is 23.6 Å². The van der Waals surface area contributed by atoms with Crippen molar-refractivity contribution >= 4 is 32.3 Å². The van der Waals surface area contributed by atoms with Crippen molar-refractivity contribution in [3.63, 3.8) is 0 Å². The van der Waals surface area contributed by atoms with E-state index in [0.717, 1.165) is 0 Å². The average molecular weight is 290 g/mol. The first-order valence-corrected chi connectivity index (χ1v) is 8.21. The zero-order chi connectivity index (χ0) is 13.3. The number of carboxylic acid groups (broad SMARTS) is 1. The van der Waals surface area contributed by atoms with Crippen molar-refractivity contribution in [3.8, 4) is 0 Å². The molecule has 0 aromatic carbocycles. The Bertz CT molecular complexity index is 552. The van der Waals surface area contributed by atoms with Crippen molar-refractivity contribution in [3.05, 3.63) is 11.1 Å². The third kappa shape index (κ3) is 2.99. The van der Waals surface area contributed by atoms with E-state index in [1.807, 2.05) is 11.8 Å². The van der Waals surface area contributed by atoms with Crippen LogP contribution in [-0.4, -0.2) is 48.6 Å². The number of nitrogens with zero attached hydrogens (tertiary/aromatic N) is 2. The van der Waals surface area contributed by atoms with E-state index in [4.69, 9.17) is 5.11 Å². The number of aliphatic carboxylic acids is 1. The molecule has 100 valence electrons. The highest BCUT2D eigenvalue weighted by Crippen LogP contribution is 2.25. The van der Waals surface area contributed by atoms with Crippen LogP contribution in [0.4, 0.5) is 5.13 Å². The number of carboxylic acids is 1. The minimum Gasteiger partial charge on any atom is -0.481 e. The van der Waals surface area contributed by atoms with E-state index in [2.05, 4.69) is 4.98 Å². The first-order valence-electron chi connectivity index (χ1n) is 5.50. The van der Waals surface area contributed by atoms with Crippen molar-refractivity contribution in [1.82, 2.24) is 4.98 Å². The van der Waals surface area contributed by atoms with Gasteiger partial charge in [-0.25, -0.2) is 13.4 Å². The molecule has 1 N–H and O–H groups in total. The van der Waals surface area contributed by atoms with E-state index in [0.29, 0.717) is 17.4 Å².